The summed E-state index contributed by atoms with van der Waals surface area (Å²) in [6.07, 6.45) is 3.72. The van der Waals surface area contributed by atoms with Gasteiger partial charge in [0.25, 0.3) is 0 Å². The van der Waals surface area contributed by atoms with E-state index in [4.69, 9.17) is 0 Å². The van der Waals surface area contributed by atoms with Crippen LogP contribution in [-0.4, -0.2) is 14.9 Å². The number of aromatic nitrogens is 2. The molecule has 0 amide bonds. The van der Waals surface area contributed by atoms with Gasteiger partial charge in [-0.3, -0.25) is 4.68 Å². The standard InChI is InChI=1S/C12H21BrN2O/c1-5-7-15-11(10(13)8-14-15)12(4,16)9(3)6-2/h8-9,16H,5-7H2,1-4H3. The Morgan fingerprint density at radius 2 is 2.19 bits per heavy atom. The van der Waals surface area contributed by atoms with Crippen molar-refractivity contribution in [2.24, 2.45) is 5.92 Å². The van der Waals surface area contributed by atoms with E-state index in [1.807, 2.05) is 11.6 Å². The number of hydrogen-bond donors (Lipinski definition) is 1. The largest absolute Gasteiger partial charge is 0.384 e. The third-order valence-corrected chi connectivity index (χ3v) is 3.86. The number of hydrogen-bond acceptors (Lipinski definition) is 2. The summed E-state index contributed by atoms with van der Waals surface area (Å²) in [6.45, 7) is 8.98. The topological polar surface area (TPSA) is 38.0 Å². The molecule has 0 bridgehead atoms. The van der Waals surface area contributed by atoms with Crippen LogP contribution in [0.25, 0.3) is 0 Å². The maximum atomic E-state index is 10.6. The third kappa shape index (κ3) is 2.48. The number of halogens is 1. The highest BCUT2D eigenvalue weighted by Crippen LogP contribution is 2.35. The minimum atomic E-state index is -0.834. The first-order valence-electron chi connectivity index (χ1n) is 5.89. The second kappa shape index (κ2) is 5.32. The minimum absolute atomic E-state index is 0.205. The highest BCUT2D eigenvalue weighted by molar-refractivity contribution is 9.10. The van der Waals surface area contributed by atoms with Crippen LogP contribution in [0.15, 0.2) is 10.7 Å². The van der Waals surface area contributed by atoms with Crippen molar-refractivity contribution in [2.45, 2.75) is 52.7 Å². The Hall–Kier alpha value is -0.350. The number of rotatable bonds is 5. The monoisotopic (exact) mass is 288 g/mol. The second-order valence-corrected chi connectivity index (χ2v) is 5.38. The molecule has 1 aromatic rings. The van der Waals surface area contributed by atoms with Gasteiger partial charge in [0.2, 0.25) is 0 Å². The van der Waals surface area contributed by atoms with Crippen molar-refractivity contribution >= 4 is 15.9 Å². The van der Waals surface area contributed by atoms with E-state index >= 15 is 0 Å². The molecule has 16 heavy (non-hydrogen) atoms. The Bertz CT molecular complexity index is 347. The molecular formula is C12H21BrN2O. The summed E-state index contributed by atoms with van der Waals surface area (Å²) in [6, 6.07) is 0. The zero-order chi connectivity index (χ0) is 12.3. The summed E-state index contributed by atoms with van der Waals surface area (Å²) in [5.41, 5.74) is 0.0582. The fourth-order valence-electron chi connectivity index (χ4n) is 1.88. The first kappa shape index (κ1) is 13.7. The van der Waals surface area contributed by atoms with Crippen LogP contribution in [0.3, 0.4) is 0 Å². The average Bonchev–Trinajstić information content (AvgIpc) is 2.59. The summed E-state index contributed by atoms with van der Waals surface area (Å²) in [5.74, 6) is 0.205. The van der Waals surface area contributed by atoms with Crippen LogP contribution in [0.4, 0.5) is 0 Å². The molecular weight excluding hydrogens is 268 g/mol. The SMILES string of the molecule is CCCn1ncc(Br)c1C(C)(O)C(C)CC. The average molecular weight is 289 g/mol. The second-order valence-electron chi connectivity index (χ2n) is 4.52. The summed E-state index contributed by atoms with van der Waals surface area (Å²) in [4.78, 5) is 0. The smallest absolute Gasteiger partial charge is 0.107 e. The van der Waals surface area contributed by atoms with Crippen molar-refractivity contribution in [3.63, 3.8) is 0 Å². The quantitative estimate of drug-likeness (QED) is 0.903. The Balaban J connectivity index is 3.14. The lowest BCUT2D eigenvalue weighted by Gasteiger charge is -2.30. The maximum absolute atomic E-state index is 10.6. The van der Waals surface area contributed by atoms with Crippen molar-refractivity contribution < 1.29 is 5.11 Å². The molecule has 0 aliphatic rings. The molecule has 2 atom stereocenters. The summed E-state index contributed by atoms with van der Waals surface area (Å²) in [7, 11) is 0. The van der Waals surface area contributed by atoms with Gasteiger partial charge in [0.1, 0.15) is 5.60 Å². The molecule has 0 fully saturated rings. The highest BCUT2D eigenvalue weighted by Gasteiger charge is 2.34. The fraction of sp³-hybridized carbons (Fsp3) is 0.750. The molecule has 1 aromatic heterocycles. The predicted octanol–water partition coefficient (Wildman–Crippen LogP) is 3.31. The molecule has 1 rings (SSSR count). The van der Waals surface area contributed by atoms with E-state index in [1.54, 1.807) is 6.20 Å². The van der Waals surface area contributed by atoms with Crippen LogP contribution in [-0.2, 0) is 12.1 Å². The normalized spacial score (nSPS) is 17.1. The van der Waals surface area contributed by atoms with Crippen molar-refractivity contribution in [3.05, 3.63) is 16.4 Å². The Morgan fingerprint density at radius 3 is 2.69 bits per heavy atom. The summed E-state index contributed by atoms with van der Waals surface area (Å²) in [5, 5.41) is 14.9. The Labute approximate surface area is 106 Å². The van der Waals surface area contributed by atoms with E-state index in [-0.39, 0.29) is 5.92 Å². The van der Waals surface area contributed by atoms with Gasteiger partial charge in [0.05, 0.1) is 16.4 Å². The zero-order valence-corrected chi connectivity index (χ0v) is 12.1. The predicted molar refractivity (Wildman–Crippen MR) is 69.2 cm³/mol. The van der Waals surface area contributed by atoms with E-state index in [0.29, 0.717) is 0 Å². The molecule has 1 heterocycles. The molecule has 92 valence electrons. The molecule has 4 heteroatoms. The molecule has 1 N–H and O–H groups in total. The maximum Gasteiger partial charge on any atom is 0.107 e. The van der Waals surface area contributed by atoms with Crippen molar-refractivity contribution in [3.8, 4) is 0 Å². The van der Waals surface area contributed by atoms with Gasteiger partial charge in [-0.15, -0.1) is 0 Å². The lowest BCUT2D eigenvalue weighted by Crippen LogP contribution is -2.33. The van der Waals surface area contributed by atoms with Crippen LogP contribution in [0.2, 0.25) is 0 Å². The molecule has 0 aromatic carbocycles. The van der Waals surface area contributed by atoms with Crippen LogP contribution in [0.5, 0.6) is 0 Å². The fourth-order valence-corrected chi connectivity index (χ4v) is 2.58. The lowest BCUT2D eigenvalue weighted by atomic mass is 9.86. The Kier molecular flexibility index (Phi) is 4.56. The third-order valence-electron chi connectivity index (χ3n) is 3.28. The van der Waals surface area contributed by atoms with Crippen molar-refractivity contribution in [1.29, 1.82) is 0 Å². The molecule has 0 saturated carbocycles. The van der Waals surface area contributed by atoms with E-state index in [0.717, 1.165) is 29.6 Å². The van der Waals surface area contributed by atoms with Crippen molar-refractivity contribution in [1.82, 2.24) is 9.78 Å². The molecule has 2 unspecified atom stereocenters. The van der Waals surface area contributed by atoms with Gasteiger partial charge >= 0.3 is 0 Å². The van der Waals surface area contributed by atoms with E-state index < -0.39 is 5.60 Å². The van der Waals surface area contributed by atoms with Gasteiger partial charge in [-0.2, -0.15) is 5.10 Å². The first-order valence-corrected chi connectivity index (χ1v) is 6.68. The van der Waals surface area contributed by atoms with Crippen molar-refractivity contribution in [2.75, 3.05) is 0 Å². The Morgan fingerprint density at radius 1 is 1.56 bits per heavy atom. The number of nitrogens with zero attached hydrogens (tertiary/aromatic N) is 2. The zero-order valence-electron chi connectivity index (χ0n) is 10.5. The van der Waals surface area contributed by atoms with Gasteiger partial charge in [0, 0.05) is 6.54 Å². The van der Waals surface area contributed by atoms with Gasteiger partial charge < -0.3 is 5.11 Å². The number of aliphatic hydroxyl groups is 1. The molecule has 0 aliphatic carbocycles. The molecule has 0 radical (unpaired) electrons. The van der Waals surface area contributed by atoms with Gasteiger partial charge in [-0.25, -0.2) is 0 Å². The van der Waals surface area contributed by atoms with Crippen LogP contribution in [0, 0.1) is 5.92 Å². The van der Waals surface area contributed by atoms with E-state index in [9.17, 15) is 5.11 Å². The minimum Gasteiger partial charge on any atom is -0.384 e. The van der Waals surface area contributed by atoms with Gasteiger partial charge in [0.15, 0.2) is 0 Å². The van der Waals surface area contributed by atoms with Gasteiger partial charge in [-0.05, 0) is 35.2 Å². The van der Waals surface area contributed by atoms with Gasteiger partial charge in [-0.1, -0.05) is 27.2 Å². The molecule has 0 saturated heterocycles. The highest BCUT2D eigenvalue weighted by atomic mass is 79.9. The molecule has 3 nitrogen and oxygen atoms in total. The molecule has 0 aliphatic heterocycles. The molecule has 0 spiro atoms. The first-order chi connectivity index (χ1) is 7.45. The summed E-state index contributed by atoms with van der Waals surface area (Å²) < 4.78 is 2.79. The van der Waals surface area contributed by atoms with Crippen LogP contribution >= 0.6 is 15.9 Å². The number of aryl methyl sites for hydroxylation is 1. The summed E-state index contributed by atoms with van der Waals surface area (Å²) >= 11 is 3.48. The van der Waals surface area contributed by atoms with Crippen LogP contribution in [0.1, 0.15) is 46.2 Å². The lowest BCUT2D eigenvalue weighted by molar-refractivity contribution is -0.00898. The van der Waals surface area contributed by atoms with Crippen LogP contribution < -0.4 is 0 Å². The van der Waals surface area contributed by atoms with E-state index in [1.165, 1.54) is 0 Å². The van der Waals surface area contributed by atoms with E-state index in [2.05, 4.69) is 41.8 Å².